The maximum atomic E-state index is 12.7. The number of fused-ring (bicyclic) bond motifs is 2. The van der Waals surface area contributed by atoms with E-state index in [1.54, 1.807) is 0 Å². The second kappa shape index (κ2) is 5.04. The molecule has 3 aliphatic rings. The van der Waals surface area contributed by atoms with Gasteiger partial charge in [0, 0.05) is 25.1 Å². The van der Waals surface area contributed by atoms with E-state index in [0.717, 1.165) is 32.2 Å². The van der Waals surface area contributed by atoms with Crippen LogP contribution in [0.25, 0.3) is 0 Å². The lowest BCUT2D eigenvalue weighted by Gasteiger charge is -2.39. The average molecular weight is 249 g/mol. The van der Waals surface area contributed by atoms with Crippen LogP contribution in [-0.4, -0.2) is 35.1 Å². The van der Waals surface area contributed by atoms with Gasteiger partial charge in [-0.25, -0.2) is 0 Å². The number of hydrogen-bond acceptors (Lipinski definition) is 2. The third-order valence-electron chi connectivity index (χ3n) is 4.95. The van der Waals surface area contributed by atoms with E-state index >= 15 is 0 Å². The first-order valence-corrected chi connectivity index (χ1v) is 7.39. The number of hydrogen-bond donors (Lipinski definition) is 1. The molecule has 0 aliphatic heterocycles. The standard InChI is InChI=1S/C15H23NO2/c17-8-2-7-16(13-3-1-4-13)15(18)14-10-11-5-6-12(14)9-11/h5-6,11-14,17H,1-4,7-10H2. The molecule has 0 spiro atoms. The van der Waals surface area contributed by atoms with Gasteiger partial charge in [-0.3, -0.25) is 4.79 Å². The summed E-state index contributed by atoms with van der Waals surface area (Å²) >= 11 is 0. The minimum atomic E-state index is 0.188. The Morgan fingerprint density at radius 1 is 1.28 bits per heavy atom. The first-order valence-electron chi connectivity index (χ1n) is 7.39. The summed E-state index contributed by atoms with van der Waals surface area (Å²) in [5.41, 5.74) is 0. The Balaban J connectivity index is 1.65. The zero-order chi connectivity index (χ0) is 12.5. The van der Waals surface area contributed by atoms with Crippen LogP contribution in [0.2, 0.25) is 0 Å². The quantitative estimate of drug-likeness (QED) is 0.757. The van der Waals surface area contributed by atoms with Crippen molar-refractivity contribution in [3.63, 3.8) is 0 Å². The van der Waals surface area contributed by atoms with Crippen molar-refractivity contribution >= 4 is 5.91 Å². The minimum absolute atomic E-state index is 0.188. The van der Waals surface area contributed by atoms with Crippen molar-refractivity contribution in [2.75, 3.05) is 13.2 Å². The van der Waals surface area contributed by atoms with Gasteiger partial charge < -0.3 is 10.0 Å². The van der Waals surface area contributed by atoms with Crippen molar-refractivity contribution in [1.82, 2.24) is 4.90 Å². The highest BCUT2D eigenvalue weighted by molar-refractivity contribution is 5.80. The highest BCUT2D eigenvalue weighted by Crippen LogP contribution is 2.44. The molecule has 3 unspecified atom stereocenters. The van der Waals surface area contributed by atoms with Gasteiger partial charge in [-0.1, -0.05) is 12.2 Å². The monoisotopic (exact) mass is 249 g/mol. The van der Waals surface area contributed by atoms with Crippen molar-refractivity contribution < 1.29 is 9.90 Å². The van der Waals surface area contributed by atoms with Crippen molar-refractivity contribution in [3.05, 3.63) is 12.2 Å². The fourth-order valence-electron chi connectivity index (χ4n) is 3.69. The maximum absolute atomic E-state index is 12.7. The molecule has 1 N–H and O–H groups in total. The molecule has 0 heterocycles. The van der Waals surface area contributed by atoms with E-state index in [0.29, 0.717) is 23.8 Å². The highest BCUT2D eigenvalue weighted by Gasteiger charge is 2.43. The van der Waals surface area contributed by atoms with Gasteiger partial charge in [0.2, 0.25) is 5.91 Å². The Morgan fingerprint density at radius 3 is 2.61 bits per heavy atom. The van der Waals surface area contributed by atoms with E-state index in [4.69, 9.17) is 5.11 Å². The van der Waals surface area contributed by atoms with Gasteiger partial charge in [-0.2, -0.15) is 0 Å². The van der Waals surface area contributed by atoms with Gasteiger partial charge in [-0.05, 0) is 50.4 Å². The van der Waals surface area contributed by atoms with Gasteiger partial charge in [-0.15, -0.1) is 0 Å². The van der Waals surface area contributed by atoms with Crippen molar-refractivity contribution in [1.29, 1.82) is 0 Å². The predicted octanol–water partition coefficient (Wildman–Crippen LogP) is 1.96. The molecular formula is C15H23NO2. The smallest absolute Gasteiger partial charge is 0.226 e. The Hall–Kier alpha value is -0.830. The summed E-state index contributed by atoms with van der Waals surface area (Å²) in [5, 5.41) is 8.99. The van der Waals surface area contributed by atoms with E-state index in [-0.39, 0.29) is 12.5 Å². The molecule has 3 atom stereocenters. The van der Waals surface area contributed by atoms with Gasteiger partial charge in [0.15, 0.2) is 0 Å². The van der Waals surface area contributed by atoms with E-state index in [9.17, 15) is 4.79 Å². The largest absolute Gasteiger partial charge is 0.396 e. The zero-order valence-corrected chi connectivity index (χ0v) is 10.9. The normalized spacial score (nSPS) is 33.7. The summed E-state index contributed by atoms with van der Waals surface area (Å²) in [6.07, 6.45) is 11.1. The molecule has 3 nitrogen and oxygen atoms in total. The third kappa shape index (κ3) is 2.09. The number of allylic oxidation sites excluding steroid dienone is 2. The molecule has 3 rings (SSSR count). The molecule has 2 saturated carbocycles. The molecule has 100 valence electrons. The predicted molar refractivity (Wildman–Crippen MR) is 69.9 cm³/mol. The molecule has 0 aromatic carbocycles. The molecule has 0 radical (unpaired) electrons. The fourth-order valence-corrected chi connectivity index (χ4v) is 3.69. The summed E-state index contributed by atoms with van der Waals surface area (Å²) in [7, 11) is 0. The summed E-state index contributed by atoms with van der Waals surface area (Å²) in [5.74, 6) is 1.76. The van der Waals surface area contributed by atoms with Crippen LogP contribution < -0.4 is 0 Å². The topological polar surface area (TPSA) is 40.5 Å². The van der Waals surface area contributed by atoms with Gasteiger partial charge in [0.05, 0.1) is 0 Å². The SMILES string of the molecule is O=C(C1CC2C=CC1C2)N(CCCO)C1CCC1. The second-order valence-electron chi connectivity index (χ2n) is 6.08. The average Bonchev–Trinajstić information content (AvgIpc) is 2.93. The van der Waals surface area contributed by atoms with Crippen LogP contribution in [0.5, 0.6) is 0 Å². The number of amides is 1. The molecule has 3 heteroatoms. The number of nitrogens with zero attached hydrogens (tertiary/aromatic N) is 1. The summed E-state index contributed by atoms with van der Waals surface area (Å²) in [6.45, 7) is 0.935. The summed E-state index contributed by atoms with van der Waals surface area (Å²) < 4.78 is 0. The maximum Gasteiger partial charge on any atom is 0.226 e. The number of aliphatic hydroxyl groups excluding tert-OH is 1. The lowest BCUT2D eigenvalue weighted by atomic mass is 9.87. The summed E-state index contributed by atoms with van der Waals surface area (Å²) in [6, 6.07) is 0.465. The molecule has 18 heavy (non-hydrogen) atoms. The number of rotatable bonds is 5. The van der Waals surface area contributed by atoms with Crippen molar-refractivity contribution in [2.24, 2.45) is 17.8 Å². The van der Waals surface area contributed by atoms with Crippen LogP contribution >= 0.6 is 0 Å². The number of carbonyl (C=O) groups is 1. The Kier molecular flexibility index (Phi) is 3.42. The molecule has 0 saturated heterocycles. The number of carbonyl (C=O) groups excluding carboxylic acids is 1. The van der Waals surface area contributed by atoms with Crippen LogP contribution in [0.15, 0.2) is 12.2 Å². The molecule has 0 aromatic rings. The molecule has 3 aliphatic carbocycles. The molecule has 0 aromatic heterocycles. The van der Waals surface area contributed by atoms with E-state index in [2.05, 4.69) is 17.1 Å². The second-order valence-corrected chi connectivity index (χ2v) is 6.08. The minimum Gasteiger partial charge on any atom is -0.396 e. The molecule has 2 fully saturated rings. The lowest BCUT2D eigenvalue weighted by molar-refractivity contribution is -0.140. The van der Waals surface area contributed by atoms with Gasteiger partial charge in [0.1, 0.15) is 0 Å². The Labute approximate surface area is 109 Å². The van der Waals surface area contributed by atoms with Crippen LogP contribution in [0.3, 0.4) is 0 Å². The summed E-state index contributed by atoms with van der Waals surface area (Å²) in [4.78, 5) is 14.8. The fraction of sp³-hybridized carbons (Fsp3) is 0.800. The van der Waals surface area contributed by atoms with Crippen molar-refractivity contribution in [2.45, 2.75) is 44.6 Å². The van der Waals surface area contributed by atoms with Crippen LogP contribution in [-0.2, 0) is 4.79 Å². The van der Waals surface area contributed by atoms with E-state index in [1.165, 1.54) is 12.8 Å². The van der Waals surface area contributed by atoms with E-state index in [1.807, 2.05) is 0 Å². The van der Waals surface area contributed by atoms with Crippen LogP contribution in [0.4, 0.5) is 0 Å². The van der Waals surface area contributed by atoms with Crippen LogP contribution in [0, 0.1) is 17.8 Å². The molecule has 1 amide bonds. The molecule has 2 bridgehead atoms. The lowest BCUT2D eigenvalue weighted by Crippen LogP contribution is -2.48. The Morgan fingerprint density at radius 2 is 2.11 bits per heavy atom. The first-order chi connectivity index (χ1) is 8.79. The third-order valence-corrected chi connectivity index (χ3v) is 4.95. The van der Waals surface area contributed by atoms with Crippen molar-refractivity contribution in [3.8, 4) is 0 Å². The highest BCUT2D eigenvalue weighted by atomic mass is 16.3. The van der Waals surface area contributed by atoms with Crippen LogP contribution in [0.1, 0.15) is 38.5 Å². The Bertz CT molecular complexity index is 348. The first kappa shape index (κ1) is 12.2. The van der Waals surface area contributed by atoms with E-state index < -0.39 is 0 Å². The zero-order valence-electron chi connectivity index (χ0n) is 10.9. The van der Waals surface area contributed by atoms with Gasteiger partial charge in [0.25, 0.3) is 0 Å². The molecular weight excluding hydrogens is 226 g/mol. The van der Waals surface area contributed by atoms with Gasteiger partial charge >= 0.3 is 0 Å². The number of aliphatic hydroxyl groups is 1.